The SMILES string of the molecule is COC(=O)c1ccc(C(C)NC(C)=O)c(F)c1. The number of hydrogen-bond acceptors (Lipinski definition) is 3. The lowest BCUT2D eigenvalue weighted by atomic mass is 10.1. The van der Waals surface area contributed by atoms with Gasteiger partial charge < -0.3 is 10.1 Å². The van der Waals surface area contributed by atoms with E-state index in [1.807, 2.05) is 0 Å². The average molecular weight is 239 g/mol. The van der Waals surface area contributed by atoms with Crippen LogP contribution in [0.3, 0.4) is 0 Å². The third-order valence-corrected chi connectivity index (χ3v) is 2.31. The summed E-state index contributed by atoms with van der Waals surface area (Å²) < 4.78 is 18.2. The predicted molar refractivity (Wildman–Crippen MR) is 60.0 cm³/mol. The number of amides is 1. The van der Waals surface area contributed by atoms with Crippen molar-refractivity contribution in [3.8, 4) is 0 Å². The van der Waals surface area contributed by atoms with E-state index in [1.54, 1.807) is 6.92 Å². The van der Waals surface area contributed by atoms with Gasteiger partial charge in [-0.15, -0.1) is 0 Å². The minimum absolute atomic E-state index is 0.142. The van der Waals surface area contributed by atoms with Crippen LogP contribution in [0.1, 0.15) is 35.8 Å². The van der Waals surface area contributed by atoms with E-state index in [4.69, 9.17) is 0 Å². The maximum atomic E-state index is 13.7. The van der Waals surface area contributed by atoms with E-state index in [2.05, 4.69) is 10.1 Å². The van der Waals surface area contributed by atoms with Crippen molar-refractivity contribution in [3.63, 3.8) is 0 Å². The summed E-state index contributed by atoms with van der Waals surface area (Å²) >= 11 is 0. The van der Waals surface area contributed by atoms with Gasteiger partial charge in [0.25, 0.3) is 0 Å². The Morgan fingerprint density at radius 2 is 2.06 bits per heavy atom. The van der Waals surface area contributed by atoms with Crippen LogP contribution in [-0.4, -0.2) is 19.0 Å². The number of nitrogens with one attached hydrogen (secondary N) is 1. The second kappa shape index (κ2) is 5.43. The molecule has 0 spiro atoms. The highest BCUT2D eigenvalue weighted by Crippen LogP contribution is 2.18. The van der Waals surface area contributed by atoms with Crippen LogP contribution >= 0.6 is 0 Å². The minimum Gasteiger partial charge on any atom is -0.465 e. The van der Waals surface area contributed by atoms with E-state index in [-0.39, 0.29) is 11.5 Å². The first-order valence-electron chi connectivity index (χ1n) is 5.10. The van der Waals surface area contributed by atoms with Crippen LogP contribution < -0.4 is 5.32 Å². The zero-order valence-electron chi connectivity index (χ0n) is 9.91. The topological polar surface area (TPSA) is 55.4 Å². The number of hydrogen-bond donors (Lipinski definition) is 1. The number of rotatable bonds is 3. The zero-order chi connectivity index (χ0) is 13.0. The van der Waals surface area contributed by atoms with Gasteiger partial charge in [-0.3, -0.25) is 4.79 Å². The van der Waals surface area contributed by atoms with E-state index in [1.165, 1.54) is 26.2 Å². The Balaban J connectivity index is 2.97. The van der Waals surface area contributed by atoms with Crippen molar-refractivity contribution in [2.45, 2.75) is 19.9 Å². The zero-order valence-corrected chi connectivity index (χ0v) is 9.91. The number of esters is 1. The summed E-state index contributed by atoms with van der Waals surface area (Å²) in [7, 11) is 1.23. The molecule has 17 heavy (non-hydrogen) atoms. The molecule has 0 radical (unpaired) electrons. The Kier molecular flexibility index (Phi) is 4.20. The molecular weight excluding hydrogens is 225 g/mol. The van der Waals surface area contributed by atoms with Crippen LogP contribution in [0.15, 0.2) is 18.2 Å². The van der Waals surface area contributed by atoms with Gasteiger partial charge >= 0.3 is 5.97 Å². The minimum atomic E-state index is -0.595. The fourth-order valence-electron chi connectivity index (χ4n) is 1.51. The summed E-state index contributed by atoms with van der Waals surface area (Å²) in [5.41, 5.74) is 0.469. The van der Waals surface area contributed by atoms with Gasteiger partial charge in [-0.05, 0) is 19.1 Å². The van der Waals surface area contributed by atoms with Crippen LogP contribution in [0.25, 0.3) is 0 Å². The summed E-state index contributed by atoms with van der Waals surface area (Å²) in [6.45, 7) is 3.02. The van der Waals surface area contributed by atoms with Crippen molar-refractivity contribution in [1.29, 1.82) is 0 Å². The van der Waals surface area contributed by atoms with Gasteiger partial charge in [-0.1, -0.05) is 6.07 Å². The monoisotopic (exact) mass is 239 g/mol. The standard InChI is InChI=1S/C12H14FNO3/c1-7(14-8(2)15)10-5-4-9(6-11(10)13)12(16)17-3/h4-7H,1-3H3,(H,14,15). The van der Waals surface area contributed by atoms with Crippen molar-refractivity contribution in [2.75, 3.05) is 7.11 Å². The molecule has 0 saturated heterocycles. The van der Waals surface area contributed by atoms with E-state index in [0.29, 0.717) is 5.56 Å². The van der Waals surface area contributed by atoms with Gasteiger partial charge in [-0.2, -0.15) is 0 Å². The highest BCUT2D eigenvalue weighted by atomic mass is 19.1. The lowest BCUT2D eigenvalue weighted by Gasteiger charge is -2.14. The largest absolute Gasteiger partial charge is 0.465 e. The van der Waals surface area contributed by atoms with Gasteiger partial charge in [0.15, 0.2) is 0 Å². The Hall–Kier alpha value is -1.91. The molecular formula is C12H14FNO3. The fraction of sp³-hybridized carbons (Fsp3) is 0.333. The van der Waals surface area contributed by atoms with Crippen molar-refractivity contribution in [1.82, 2.24) is 5.32 Å². The van der Waals surface area contributed by atoms with Crippen molar-refractivity contribution < 1.29 is 18.7 Å². The molecule has 0 aromatic heterocycles. The molecule has 0 heterocycles. The number of carbonyl (C=O) groups is 2. The second-order valence-electron chi connectivity index (χ2n) is 3.65. The predicted octanol–water partition coefficient (Wildman–Crippen LogP) is 1.81. The molecule has 0 saturated carbocycles. The Morgan fingerprint density at radius 1 is 1.41 bits per heavy atom. The molecule has 1 aromatic carbocycles. The Labute approximate surface area is 98.8 Å². The molecule has 1 N–H and O–H groups in total. The van der Waals surface area contributed by atoms with Crippen LogP contribution in [-0.2, 0) is 9.53 Å². The lowest BCUT2D eigenvalue weighted by molar-refractivity contribution is -0.119. The van der Waals surface area contributed by atoms with E-state index < -0.39 is 17.8 Å². The van der Waals surface area contributed by atoms with Crippen molar-refractivity contribution in [3.05, 3.63) is 35.1 Å². The van der Waals surface area contributed by atoms with Gasteiger partial charge in [0.1, 0.15) is 5.82 Å². The Morgan fingerprint density at radius 3 is 2.53 bits per heavy atom. The first kappa shape index (κ1) is 13.2. The summed E-state index contributed by atoms with van der Waals surface area (Å²) in [5, 5.41) is 2.57. The number of benzene rings is 1. The summed E-state index contributed by atoms with van der Waals surface area (Å²) in [6.07, 6.45) is 0. The smallest absolute Gasteiger partial charge is 0.337 e. The van der Waals surface area contributed by atoms with E-state index in [9.17, 15) is 14.0 Å². The van der Waals surface area contributed by atoms with Crippen LogP contribution in [0.5, 0.6) is 0 Å². The summed E-state index contributed by atoms with van der Waals surface area (Å²) in [6, 6.07) is 3.57. The highest BCUT2D eigenvalue weighted by Gasteiger charge is 2.14. The first-order valence-corrected chi connectivity index (χ1v) is 5.10. The van der Waals surface area contributed by atoms with Crippen LogP contribution in [0.2, 0.25) is 0 Å². The molecule has 1 atom stereocenters. The van der Waals surface area contributed by atoms with Crippen LogP contribution in [0, 0.1) is 5.82 Å². The average Bonchev–Trinajstić information content (AvgIpc) is 2.26. The summed E-state index contributed by atoms with van der Waals surface area (Å²) in [5.74, 6) is -1.38. The van der Waals surface area contributed by atoms with Gasteiger partial charge in [-0.25, -0.2) is 9.18 Å². The fourth-order valence-corrected chi connectivity index (χ4v) is 1.51. The molecule has 92 valence electrons. The molecule has 4 nitrogen and oxygen atoms in total. The first-order chi connectivity index (χ1) is 7.95. The third kappa shape index (κ3) is 3.27. The maximum Gasteiger partial charge on any atom is 0.337 e. The van der Waals surface area contributed by atoms with E-state index >= 15 is 0 Å². The lowest BCUT2D eigenvalue weighted by Crippen LogP contribution is -2.24. The van der Waals surface area contributed by atoms with Crippen LogP contribution in [0.4, 0.5) is 4.39 Å². The Bertz CT molecular complexity index is 445. The van der Waals surface area contributed by atoms with Crippen molar-refractivity contribution in [2.24, 2.45) is 0 Å². The number of ether oxygens (including phenoxy) is 1. The molecule has 1 aromatic rings. The molecule has 1 rings (SSSR count). The number of halogens is 1. The second-order valence-corrected chi connectivity index (χ2v) is 3.65. The quantitative estimate of drug-likeness (QED) is 0.818. The molecule has 1 amide bonds. The molecule has 0 aliphatic rings. The molecule has 0 aliphatic carbocycles. The molecule has 1 unspecified atom stereocenters. The van der Waals surface area contributed by atoms with E-state index in [0.717, 1.165) is 6.07 Å². The van der Waals surface area contributed by atoms with Crippen molar-refractivity contribution >= 4 is 11.9 Å². The summed E-state index contributed by atoms with van der Waals surface area (Å²) in [4.78, 5) is 22.0. The van der Waals surface area contributed by atoms with Gasteiger partial charge in [0, 0.05) is 12.5 Å². The molecule has 0 aliphatic heterocycles. The van der Waals surface area contributed by atoms with Gasteiger partial charge in [0.2, 0.25) is 5.91 Å². The normalized spacial score (nSPS) is 11.8. The number of methoxy groups -OCH3 is 1. The van der Waals surface area contributed by atoms with Gasteiger partial charge in [0.05, 0.1) is 18.7 Å². The number of carbonyl (C=O) groups excluding carboxylic acids is 2. The maximum absolute atomic E-state index is 13.7. The molecule has 0 bridgehead atoms. The molecule has 0 fully saturated rings. The highest BCUT2D eigenvalue weighted by molar-refractivity contribution is 5.89. The molecule has 5 heteroatoms. The third-order valence-electron chi connectivity index (χ3n) is 2.31.